The predicted octanol–water partition coefficient (Wildman–Crippen LogP) is 2.72. The number of nitrogens with one attached hydrogen (secondary N) is 1. The van der Waals surface area contributed by atoms with Gasteiger partial charge in [-0.05, 0) is 17.1 Å². The molecule has 0 bridgehead atoms. The summed E-state index contributed by atoms with van der Waals surface area (Å²) in [6.45, 7) is 2.58. The summed E-state index contributed by atoms with van der Waals surface area (Å²) >= 11 is 7.43. The lowest BCUT2D eigenvalue weighted by Crippen LogP contribution is -2.49. The zero-order chi connectivity index (χ0) is 19.7. The highest BCUT2D eigenvalue weighted by molar-refractivity contribution is 7.15. The number of amides is 1. The van der Waals surface area contributed by atoms with Gasteiger partial charge in [0.2, 0.25) is 11.7 Å². The van der Waals surface area contributed by atoms with E-state index in [-0.39, 0.29) is 18.3 Å². The first kappa shape index (κ1) is 18.7. The molecule has 2 aromatic heterocycles. The number of imidazole rings is 1. The first-order valence-corrected chi connectivity index (χ1v) is 9.90. The third-order valence-corrected chi connectivity index (χ3v) is 5.67. The van der Waals surface area contributed by atoms with Crippen molar-refractivity contribution in [2.75, 3.05) is 42.9 Å². The van der Waals surface area contributed by atoms with Crippen LogP contribution in [-0.4, -0.2) is 57.8 Å². The van der Waals surface area contributed by atoms with Crippen molar-refractivity contribution >= 4 is 51.1 Å². The molecule has 1 fully saturated rings. The Bertz CT molecular complexity index is 1030. The molecule has 9 nitrogen and oxygen atoms in total. The van der Waals surface area contributed by atoms with Crippen molar-refractivity contribution < 1.29 is 9.72 Å². The Balaban J connectivity index is 1.38. The summed E-state index contributed by atoms with van der Waals surface area (Å²) in [7, 11) is 0. The lowest BCUT2D eigenvalue weighted by molar-refractivity contribution is -0.389. The molecule has 3 heterocycles. The average molecular weight is 421 g/mol. The molecule has 11 heteroatoms. The number of halogens is 1. The molecule has 4 rings (SSSR count). The fourth-order valence-corrected chi connectivity index (χ4v) is 4.10. The number of hydrogen-bond donors (Lipinski definition) is 1. The number of rotatable bonds is 5. The Morgan fingerprint density at radius 2 is 2.04 bits per heavy atom. The summed E-state index contributed by atoms with van der Waals surface area (Å²) in [5, 5.41) is 16.6. The maximum absolute atomic E-state index is 12.3. The van der Waals surface area contributed by atoms with E-state index in [0.717, 1.165) is 0 Å². The van der Waals surface area contributed by atoms with E-state index in [1.54, 1.807) is 29.8 Å². The van der Waals surface area contributed by atoms with Gasteiger partial charge in [0.15, 0.2) is 0 Å². The summed E-state index contributed by atoms with van der Waals surface area (Å²) in [6.07, 6.45) is 1.66. The van der Waals surface area contributed by atoms with E-state index in [1.165, 1.54) is 15.7 Å². The smallest absolute Gasteiger partial charge is 0.358 e. The first-order chi connectivity index (χ1) is 13.5. The summed E-state index contributed by atoms with van der Waals surface area (Å²) in [5.41, 5.74) is 0.585. The maximum Gasteiger partial charge on any atom is 0.373 e. The number of benzene rings is 1. The zero-order valence-corrected chi connectivity index (χ0v) is 16.3. The molecule has 0 aliphatic carbocycles. The van der Waals surface area contributed by atoms with Gasteiger partial charge in [-0.1, -0.05) is 35.1 Å². The van der Waals surface area contributed by atoms with E-state index in [0.29, 0.717) is 47.7 Å². The number of para-hydroxylation sites is 1. The summed E-state index contributed by atoms with van der Waals surface area (Å²) in [4.78, 5) is 32.3. The second-order valence-corrected chi connectivity index (χ2v) is 7.64. The molecule has 146 valence electrons. The molecule has 1 aliphatic heterocycles. The number of fused-ring (bicyclic) bond motifs is 1. The van der Waals surface area contributed by atoms with E-state index >= 15 is 0 Å². The van der Waals surface area contributed by atoms with E-state index in [4.69, 9.17) is 11.6 Å². The molecule has 1 aliphatic rings. The second-order valence-electron chi connectivity index (χ2n) is 6.36. The number of piperazine rings is 1. The van der Waals surface area contributed by atoms with E-state index in [9.17, 15) is 14.9 Å². The quantitative estimate of drug-likeness (QED) is 0.503. The van der Waals surface area contributed by atoms with Gasteiger partial charge in [-0.25, -0.2) is 0 Å². The van der Waals surface area contributed by atoms with Crippen LogP contribution in [0.25, 0.3) is 4.96 Å². The SMILES string of the molecule is O=C(CN1CCN(c2nc3sccn3c2[N+](=O)[O-])CC1)Nc1ccccc1Cl. The molecule has 1 amide bonds. The van der Waals surface area contributed by atoms with Crippen LogP contribution in [0.3, 0.4) is 0 Å². The summed E-state index contributed by atoms with van der Waals surface area (Å²) < 4.78 is 1.50. The minimum Gasteiger partial charge on any atom is -0.358 e. The van der Waals surface area contributed by atoms with E-state index in [1.807, 2.05) is 15.9 Å². The third-order valence-electron chi connectivity index (χ3n) is 4.58. The fraction of sp³-hybridized carbons (Fsp3) is 0.294. The van der Waals surface area contributed by atoms with Gasteiger partial charge in [0.25, 0.3) is 4.96 Å². The number of thiazole rings is 1. The van der Waals surface area contributed by atoms with Gasteiger partial charge >= 0.3 is 5.82 Å². The molecule has 3 aromatic rings. The number of hydrogen-bond acceptors (Lipinski definition) is 7. The van der Waals surface area contributed by atoms with Crippen molar-refractivity contribution in [3.8, 4) is 0 Å². The highest BCUT2D eigenvalue weighted by Crippen LogP contribution is 2.31. The van der Waals surface area contributed by atoms with Crippen LogP contribution in [0.2, 0.25) is 5.02 Å². The minimum atomic E-state index is -0.397. The Kier molecular flexibility index (Phi) is 5.16. The number of anilines is 2. The lowest BCUT2D eigenvalue weighted by atomic mass is 10.3. The minimum absolute atomic E-state index is 0.0128. The molecule has 28 heavy (non-hydrogen) atoms. The number of aromatic nitrogens is 2. The standard InChI is InChI=1S/C17H17ClN6O3S/c18-12-3-1-2-4-13(12)19-14(25)11-21-5-7-22(8-6-21)15-16(24(26)27)23-9-10-28-17(23)20-15/h1-4,9-10H,5-8,11H2,(H,19,25). The van der Waals surface area contributed by atoms with Crippen LogP contribution in [0.4, 0.5) is 17.3 Å². The molecule has 0 saturated carbocycles. The Labute approximate surface area is 169 Å². The largest absolute Gasteiger partial charge is 0.373 e. The highest BCUT2D eigenvalue weighted by atomic mass is 35.5. The molecule has 1 saturated heterocycles. The topological polar surface area (TPSA) is 96.0 Å². The molecule has 0 radical (unpaired) electrons. The van der Waals surface area contributed by atoms with Crippen LogP contribution in [0, 0.1) is 10.1 Å². The average Bonchev–Trinajstić information content (AvgIpc) is 3.25. The van der Waals surface area contributed by atoms with Crippen molar-refractivity contribution in [1.82, 2.24) is 14.3 Å². The molecular formula is C17H17ClN6O3S. The Morgan fingerprint density at radius 1 is 1.29 bits per heavy atom. The van der Waals surface area contributed by atoms with Crippen molar-refractivity contribution in [3.63, 3.8) is 0 Å². The van der Waals surface area contributed by atoms with Gasteiger partial charge in [0.1, 0.15) is 6.20 Å². The van der Waals surface area contributed by atoms with Gasteiger partial charge in [0.05, 0.1) is 17.3 Å². The molecule has 1 aromatic carbocycles. The number of nitro groups is 1. The number of nitrogens with zero attached hydrogens (tertiary/aromatic N) is 5. The Hall–Kier alpha value is -2.69. The third kappa shape index (κ3) is 3.66. The van der Waals surface area contributed by atoms with Crippen molar-refractivity contribution in [2.24, 2.45) is 0 Å². The van der Waals surface area contributed by atoms with Gasteiger partial charge < -0.3 is 20.3 Å². The van der Waals surface area contributed by atoms with Gasteiger partial charge in [-0.3, -0.25) is 9.69 Å². The highest BCUT2D eigenvalue weighted by Gasteiger charge is 2.30. The molecule has 0 atom stereocenters. The van der Waals surface area contributed by atoms with Crippen LogP contribution < -0.4 is 10.2 Å². The monoisotopic (exact) mass is 420 g/mol. The van der Waals surface area contributed by atoms with Crippen molar-refractivity contribution in [2.45, 2.75) is 0 Å². The summed E-state index contributed by atoms with van der Waals surface area (Å²) in [5.74, 6) is 0.230. The van der Waals surface area contributed by atoms with Gasteiger partial charge in [0, 0.05) is 31.6 Å². The van der Waals surface area contributed by atoms with Gasteiger partial charge in [-0.2, -0.15) is 9.38 Å². The van der Waals surface area contributed by atoms with Crippen LogP contribution in [0.5, 0.6) is 0 Å². The second kappa shape index (κ2) is 7.74. The molecule has 1 N–H and O–H groups in total. The fourth-order valence-electron chi connectivity index (χ4n) is 3.22. The normalized spacial score (nSPS) is 15.1. The van der Waals surface area contributed by atoms with Crippen LogP contribution in [-0.2, 0) is 4.79 Å². The van der Waals surface area contributed by atoms with Crippen molar-refractivity contribution in [3.05, 3.63) is 51.0 Å². The molecule has 0 spiro atoms. The molecule has 0 unspecified atom stereocenters. The van der Waals surface area contributed by atoms with E-state index in [2.05, 4.69) is 10.3 Å². The predicted molar refractivity (Wildman–Crippen MR) is 108 cm³/mol. The lowest BCUT2D eigenvalue weighted by Gasteiger charge is -2.34. The van der Waals surface area contributed by atoms with Crippen LogP contribution >= 0.6 is 22.9 Å². The molecular weight excluding hydrogens is 404 g/mol. The van der Waals surface area contributed by atoms with Gasteiger partial charge in [-0.15, -0.1) is 0 Å². The van der Waals surface area contributed by atoms with E-state index < -0.39 is 4.92 Å². The summed E-state index contributed by atoms with van der Waals surface area (Å²) in [6, 6.07) is 7.08. The van der Waals surface area contributed by atoms with Crippen LogP contribution in [0.15, 0.2) is 35.8 Å². The number of carbonyl (C=O) groups excluding carboxylic acids is 1. The zero-order valence-electron chi connectivity index (χ0n) is 14.7. The number of carbonyl (C=O) groups is 1. The van der Waals surface area contributed by atoms with Crippen LogP contribution in [0.1, 0.15) is 0 Å². The van der Waals surface area contributed by atoms with Crippen molar-refractivity contribution in [1.29, 1.82) is 0 Å². The first-order valence-electron chi connectivity index (χ1n) is 8.64. The maximum atomic E-state index is 12.3. The Morgan fingerprint density at radius 3 is 2.75 bits per heavy atom.